The van der Waals surface area contributed by atoms with E-state index >= 15 is 0 Å². The first kappa shape index (κ1) is 21.6. The summed E-state index contributed by atoms with van der Waals surface area (Å²) in [6.07, 6.45) is 14.4. The molecule has 1 unspecified atom stereocenters. The van der Waals surface area contributed by atoms with Crippen LogP contribution in [0.2, 0.25) is 0 Å². The molecule has 1 fully saturated rings. The number of para-hydroxylation sites is 1. The molecule has 0 spiro atoms. The second-order valence-corrected chi connectivity index (χ2v) is 8.59. The van der Waals surface area contributed by atoms with Gasteiger partial charge in [0.2, 0.25) is 5.91 Å². The van der Waals surface area contributed by atoms with Crippen molar-refractivity contribution in [3.63, 3.8) is 0 Å². The highest BCUT2D eigenvalue weighted by atomic mass is 16.2. The molecule has 0 aromatic heterocycles. The Bertz CT molecular complexity index is 775. The van der Waals surface area contributed by atoms with Gasteiger partial charge >= 0.3 is 0 Å². The van der Waals surface area contributed by atoms with Gasteiger partial charge in [-0.3, -0.25) is 4.79 Å². The minimum Gasteiger partial charge on any atom is -0.316 e. The Labute approximate surface area is 176 Å². The fraction of sp³-hybridized carbons (Fsp3) is 0.500. The molecule has 1 atom stereocenters. The number of rotatable bonds is 10. The normalized spacial score (nSPS) is 22.0. The maximum Gasteiger partial charge on any atom is 0.230 e. The Hall–Kier alpha value is -2.13. The fourth-order valence-electron chi connectivity index (χ4n) is 4.52. The maximum atomic E-state index is 13.0. The molecule has 2 aliphatic rings. The topological polar surface area (TPSA) is 32.3 Å². The third-order valence-corrected chi connectivity index (χ3v) is 6.73. The number of benzene rings is 1. The van der Waals surface area contributed by atoms with Gasteiger partial charge in [-0.05, 0) is 63.7 Å². The van der Waals surface area contributed by atoms with E-state index in [1.807, 2.05) is 12.2 Å². The van der Waals surface area contributed by atoms with E-state index in [0.29, 0.717) is 5.91 Å². The highest BCUT2D eigenvalue weighted by Gasteiger charge is 2.44. The number of carbonyl (C=O) groups is 1. The summed E-state index contributed by atoms with van der Waals surface area (Å²) in [6.45, 7) is 10.9. The van der Waals surface area contributed by atoms with Gasteiger partial charge in [0.25, 0.3) is 0 Å². The van der Waals surface area contributed by atoms with Crippen LogP contribution >= 0.6 is 0 Å². The highest BCUT2D eigenvalue weighted by Crippen LogP contribution is 2.46. The largest absolute Gasteiger partial charge is 0.316 e. The summed E-state index contributed by atoms with van der Waals surface area (Å²) in [5, 5.41) is 3.62. The summed E-state index contributed by atoms with van der Waals surface area (Å²) < 4.78 is 0. The molecule has 1 aromatic carbocycles. The van der Waals surface area contributed by atoms with Crippen molar-refractivity contribution in [2.45, 2.75) is 57.8 Å². The molecule has 1 N–H and O–H groups in total. The molecular formula is C26H36N2O. The average molecular weight is 393 g/mol. The summed E-state index contributed by atoms with van der Waals surface area (Å²) in [6, 6.07) is 8.58. The number of anilines is 1. The molecular weight excluding hydrogens is 356 g/mol. The quantitative estimate of drug-likeness (QED) is 0.419. The standard InChI is InChI=1S/C26H36N2O/c1-4-6-7-11-21(3)16-18-27-19-17-26(5-2)20-28(25(29)22-12-10-13-22)24-15-9-8-14-23(24)26/h4,6-9,11,14-15,22,27H,1,5,10,12-13,16-20H2,2-3H3/b7-6-,21-11+. The van der Waals surface area contributed by atoms with Crippen LogP contribution in [-0.4, -0.2) is 25.5 Å². The van der Waals surface area contributed by atoms with Gasteiger partial charge in [-0.2, -0.15) is 0 Å². The zero-order valence-corrected chi connectivity index (χ0v) is 18.1. The van der Waals surface area contributed by atoms with Gasteiger partial charge in [-0.15, -0.1) is 0 Å². The molecule has 0 bridgehead atoms. The van der Waals surface area contributed by atoms with E-state index < -0.39 is 0 Å². The van der Waals surface area contributed by atoms with E-state index in [0.717, 1.165) is 57.4 Å². The molecule has 3 nitrogen and oxygen atoms in total. The average Bonchev–Trinajstić information content (AvgIpc) is 3.02. The van der Waals surface area contributed by atoms with Crippen molar-refractivity contribution in [2.75, 3.05) is 24.5 Å². The third kappa shape index (κ3) is 4.90. The third-order valence-electron chi connectivity index (χ3n) is 6.73. The van der Waals surface area contributed by atoms with Crippen molar-refractivity contribution in [3.05, 3.63) is 66.3 Å². The lowest BCUT2D eigenvalue weighted by Gasteiger charge is -2.32. The van der Waals surface area contributed by atoms with Gasteiger partial charge in [0.15, 0.2) is 0 Å². The fourth-order valence-corrected chi connectivity index (χ4v) is 4.52. The van der Waals surface area contributed by atoms with E-state index in [4.69, 9.17) is 0 Å². The molecule has 0 radical (unpaired) electrons. The first-order valence-electron chi connectivity index (χ1n) is 11.2. The van der Waals surface area contributed by atoms with Gasteiger partial charge in [0.1, 0.15) is 0 Å². The van der Waals surface area contributed by atoms with Crippen molar-refractivity contribution in [2.24, 2.45) is 5.92 Å². The molecule has 29 heavy (non-hydrogen) atoms. The van der Waals surface area contributed by atoms with Crippen LogP contribution in [0.25, 0.3) is 0 Å². The highest BCUT2D eigenvalue weighted by molar-refractivity contribution is 5.98. The number of amides is 1. The summed E-state index contributed by atoms with van der Waals surface area (Å²) in [7, 11) is 0. The number of hydrogen-bond acceptors (Lipinski definition) is 2. The van der Waals surface area contributed by atoms with Crippen molar-refractivity contribution in [1.29, 1.82) is 0 Å². The van der Waals surface area contributed by atoms with Crippen LogP contribution in [0.15, 0.2) is 60.7 Å². The van der Waals surface area contributed by atoms with Crippen LogP contribution in [-0.2, 0) is 10.2 Å². The van der Waals surface area contributed by atoms with Gasteiger partial charge in [0, 0.05) is 23.6 Å². The molecule has 0 saturated heterocycles. The first-order chi connectivity index (χ1) is 14.1. The number of nitrogens with zero attached hydrogens (tertiary/aromatic N) is 1. The summed E-state index contributed by atoms with van der Waals surface area (Å²) >= 11 is 0. The van der Waals surface area contributed by atoms with Crippen LogP contribution in [0.4, 0.5) is 5.69 Å². The van der Waals surface area contributed by atoms with Crippen LogP contribution < -0.4 is 10.2 Å². The van der Waals surface area contributed by atoms with Crippen molar-refractivity contribution in [3.8, 4) is 0 Å². The number of nitrogens with one attached hydrogen (secondary N) is 1. The summed E-state index contributed by atoms with van der Waals surface area (Å²) in [5.41, 5.74) is 3.95. The molecule has 1 aliphatic carbocycles. The van der Waals surface area contributed by atoms with Crippen LogP contribution in [0.1, 0.15) is 57.9 Å². The summed E-state index contributed by atoms with van der Waals surface area (Å²) in [5.74, 6) is 0.596. The lowest BCUT2D eigenvalue weighted by Crippen LogP contribution is -2.42. The molecule has 1 aliphatic heterocycles. The molecule has 3 heteroatoms. The Morgan fingerprint density at radius 1 is 1.28 bits per heavy atom. The molecule has 1 aromatic rings. The predicted molar refractivity (Wildman–Crippen MR) is 123 cm³/mol. The lowest BCUT2D eigenvalue weighted by atomic mass is 9.77. The Kier molecular flexibility index (Phi) is 7.49. The van der Waals surface area contributed by atoms with Crippen molar-refractivity contribution < 1.29 is 4.79 Å². The smallest absolute Gasteiger partial charge is 0.230 e. The maximum absolute atomic E-state index is 13.0. The zero-order chi connectivity index (χ0) is 20.7. The monoisotopic (exact) mass is 392 g/mol. The van der Waals surface area contributed by atoms with E-state index in [9.17, 15) is 4.79 Å². The molecule has 3 rings (SSSR count). The second kappa shape index (κ2) is 10.1. The van der Waals surface area contributed by atoms with Gasteiger partial charge in [-0.1, -0.05) is 68.0 Å². The van der Waals surface area contributed by atoms with Crippen LogP contribution in [0.5, 0.6) is 0 Å². The lowest BCUT2D eigenvalue weighted by molar-refractivity contribution is -0.124. The van der Waals surface area contributed by atoms with Gasteiger partial charge < -0.3 is 10.2 Å². The second-order valence-electron chi connectivity index (χ2n) is 8.59. The summed E-state index contributed by atoms with van der Waals surface area (Å²) in [4.78, 5) is 15.1. The van der Waals surface area contributed by atoms with E-state index in [-0.39, 0.29) is 11.3 Å². The Balaban J connectivity index is 1.60. The zero-order valence-electron chi connectivity index (χ0n) is 18.1. The van der Waals surface area contributed by atoms with Crippen LogP contribution in [0.3, 0.4) is 0 Å². The first-order valence-corrected chi connectivity index (χ1v) is 11.2. The Morgan fingerprint density at radius 2 is 2.07 bits per heavy atom. The molecule has 1 heterocycles. The van der Waals surface area contributed by atoms with Gasteiger partial charge in [-0.25, -0.2) is 0 Å². The number of allylic oxidation sites excluding steroid dienone is 4. The van der Waals surface area contributed by atoms with E-state index in [2.05, 4.69) is 61.0 Å². The molecule has 1 amide bonds. The van der Waals surface area contributed by atoms with E-state index in [1.54, 1.807) is 6.08 Å². The minimum absolute atomic E-state index is 0.0700. The number of fused-ring (bicyclic) bond motifs is 1. The number of carbonyl (C=O) groups excluding carboxylic acids is 1. The SMILES string of the molecule is C=C/C=C\C=C(/C)CCNCCC1(CC)CN(C(=O)C2CCC2)c2ccccc21. The molecule has 156 valence electrons. The van der Waals surface area contributed by atoms with Crippen molar-refractivity contribution in [1.82, 2.24) is 5.32 Å². The van der Waals surface area contributed by atoms with Crippen molar-refractivity contribution >= 4 is 11.6 Å². The molecule has 1 saturated carbocycles. The van der Waals surface area contributed by atoms with E-state index in [1.165, 1.54) is 17.6 Å². The predicted octanol–water partition coefficient (Wildman–Crippen LogP) is 5.54. The minimum atomic E-state index is 0.0700. The van der Waals surface area contributed by atoms with Crippen LogP contribution in [0, 0.1) is 5.92 Å². The van der Waals surface area contributed by atoms with Gasteiger partial charge in [0.05, 0.1) is 0 Å². The number of hydrogen-bond donors (Lipinski definition) is 1. The Morgan fingerprint density at radius 3 is 2.76 bits per heavy atom.